The first-order chi connectivity index (χ1) is 7.68. The second-order valence-electron chi connectivity index (χ2n) is 4.47. The summed E-state index contributed by atoms with van der Waals surface area (Å²) in [6.45, 7) is 4.63. The number of carboxylic acid groups (broad SMARTS) is 1. The quantitative estimate of drug-likeness (QED) is 0.373. The van der Waals surface area contributed by atoms with Crippen molar-refractivity contribution in [3.63, 3.8) is 0 Å². The van der Waals surface area contributed by atoms with Crippen LogP contribution in [0.2, 0.25) is 0 Å². The number of hydrogen-bond acceptors (Lipinski definition) is 3. The number of hydrogen-bond donors (Lipinski definition) is 1. The van der Waals surface area contributed by atoms with Crippen molar-refractivity contribution in [1.29, 1.82) is 0 Å². The molecular weight excluding hydrogens is 225 g/mol. The van der Waals surface area contributed by atoms with E-state index < -0.39 is 12.0 Å². The molecule has 0 radical (unpaired) electrons. The van der Waals surface area contributed by atoms with Gasteiger partial charge in [0.1, 0.15) is 0 Å². The molecule has 3 nitrogen and oxygen atoms in total. The minimum absolute atomic E-state index is 0. The molecule has 0 aliphatic rings. The standard InChI is InChI=1S/C13H27NO2.Na/c1-3-4-5-6-7-8-9-10-11-14-12(2)13(15)16;/h12,14H,3-11H2,1-2H3,(H,15,16);/q;+1/p-1. The Morgan fingerprint density at radius 3 is 2.00 bits per heavy atom. The van der Waals surface area contributed by atoms with E-state index in [1.54, 1.807) is 6.92 Å². The maximum Gasteiger partial charge on any atom is 1.00 e. The number of rotatable bonds is 11. The van der Waals surface area contributed by atoms with Gasteiger partial charge in [0, 0.05) is 6.04 Å². The molecule has 0 aromatic heterocycles. The average molecular weight is 251 g/mol. The van der Waals surface area contributed by atoms with Gasteiger partial charge in [-0.25, -0.2) is 0 Å². The predicted molar refractivity (Wildman–Crippen MR) is 65.1 cm³/mol. The van der Waals surface area contributed by atoms with E-state index >= 15 is 0 Å². The molecule has 0 bridgehead atoms. The summed E-state index contributed by atoms with van der Waals surface area (Å²) in [5.74, 6) is -1.01. The first kappa shape index (κ1) is 19.8. The third-order valence-corrected chi connectivity index (χ3v) is 2.83. The van der Waals surface area contributed by atoms with E-state index in [9.17, 15) is 9.90 Å². The van der Waals surface area contributed by atoms with Crippen LogP contribution in [-0.4, -0.2) is 18.6 Å². The Hall–Kier alpha value is 0.430. The summed E-state index contributed by atoms with van der Waals surface area (Å²) in [6, 6.07) is -0.524. The molecule has 0 aromatic rings. The largest absolute Gasteiger partial charge is 1.00 e. The Morgan fingerprint density at radius 1 is 1.06 bits per heavy atom. The van der Waals surface area contributed by atoms with E-state index in [4.69, 9.17) is 0 Å². The van der Waals surface area contributed by atoms with Crippen molar-refractivity contribution in [2.24, 2.45) is 0 Å². The minimum atomic E-state index is -1.01. The van der Waals surface area contributed by atoms with Gasteiger partial charge in [0.25, 0.3) is 0 Å². The van der Waals surface area contributed by atoms with Crippen molar-refractivity contribution in [2.75, 3.05) is 6.54 Å². The predicted octanol–water partition coefficient (Wildman–Crippen LogP) is -1.14. The molecule has 0 aliphatic heterocycles. The monoisotopic (exact) mass is 251 g/mol. The summed E-state index contributed by atoms with van der Waals surface area (Å²) in [6.07, 6.45) is 10.2. The summed E-state index contributed by atoms with van der Waals surface area (Å²) < 4.78 is 0. The van der Waals surface area contributed by atoms with Gasteiger partial charge in [0.15, 0.2) is 0 Å². The summed E-state index contributed by atoms with van der Waals surface area (Å²) in [7, 11) is 0. The van der Waals surface area contributed by atoms with Gasteiger partial charge in [-0.2, -0.15) is 0 Å². The Labute approximate surface area is 128 Å². The molecular formula is C13H26NNaO2. The van der Waals surface area contributed by atoms with Crippen LogP contribution >= 0.6 is 0 Å². The summed E-state index contributed by atoms with van der Waals surface area (Å²) in [5.41, 5.74) is 0. The van der Waals surface area contributed by atoms with Crippen LogP contribution in [-0.2, 0) is 4.79 Å². The molecule has 0 saturated carbocycles. The smallest absolute Gasteiger partial charge is 0.548 e. The Balaban J connectivity index is 0. The van der Waals surface area contributed by atoms with Crippen molar-refractivity contribution >= 4 is 5.97 Å². The molecule has 0 heterocycles. The maximum atomic E-state index is 10.4. The van der Waals surface area contributed by atoms with Crippen molar-refractivity contribution in [3.8, 4) is 0 Å². The molecule has 0 amide bonds. The zero-order valence-corrected chi connectivity index (χ0v) is 13.8. The van der Waals surface area contributed by atoms with E-state index in [0.717, 1.165) is 13.0 Å². The van der Waals surface area contributed by atoms with E-state index in [1.807, 2.05) is 0 Å². The van der Waals surface area contributed by atoms with Crippen LogP contribution in [0.15, 0.2) is 0 Å². The topological polar surface area (TPSA) is 52.2 Å². The molecule has 0 fully saturated rings. The van der Waals surface area contributed by atoms with Gasteiger partial charge in [-0.15, -0.1) is 0 Å². The van der Waals surface area contributed by atoms with Gasteiger partial charge in [-0.1, -0.05) is 51.9 Å². The Bertz CT molecular complexity index is 177. The molecule has 4 heteroatoms. The second kappa shape index (κ2) is 14.5. The third kappa shape index (κ3) is 14.4. The fourth-order valence-electron chi connectivity index (χ4n) is 1.66. The normalized spacial score (nSPS) is 11.9. The molecule has 0 spiro atoms. The number of aliphatic carboxylic acids is 1. The molecule has 0 rings (SSSR count). The van der Waals surface area contributed by atoms with Crippen LogP contribution < -0.4 is 40.0 Å². The zero-order valence-electron chi connectivity index (χ0n) is 11.8. The van der Waals surface area contributed by atoms with Crippen LogP contribution in [0.3, 0.4) is 0 Å². The molecule has 0 aromatic carbocycles. The van der Waals surface area contributed by atoms with Gasteiger partial charge in [0.05, 0.1) is 5.97 Å². The summed E-state index contributed by atoms with van der Waals surface area (Å²) >= 11 is 0. The molecule has 0 aliphatic carbocycles. The summed E-state index contributed by atoms with van der Waals surface area (Å²) in [5, 5.41) is 13.3. The second-order valence-corrected chi connectivity index (χ2v) is 4.47. The van der Waals surface area contributed by atoms with Crippen molar-refractivity contribution < 1.29 is 39.5 Å². The van der Waals surface area contributed by atoms with Crippen LogP contribution in [0.25, 0.3) is 0 Å². The fraction of sp³-hybridized carbons (Fsp3) is 0.923. The van der Waals surface area contributed by atoms with Crippen LogP contribution in [0, 0.1) is 0 Å². The fourth-order valence-corrected chi connectivity index (χ4v) is 1.66. The number of nitrogens with one attached hydrogen (secondary N) is 1. The molecule has 1 unspecified atom stereocenters. The molecule has 17 heavy (non-hydrogen) atoms. The Morgan fingerprint density at radius 2 is 1.53 bits per heavy atom. The van der Waals surface area contributed by atoms with E-state index in [2.05, 4.69) is 12.2 Å². The molecule has 0 saturated heterocycles. The first-order valence-corrected chi connectivity index (χ1v) is 6.62. The number of carboxylic acids is 1. The molecule has 1 N–H and O–H groups in total. The summed E-state index contributed by atoms with van der Waals surface area (Å²) in [4.78, 5) is 10.4. The SMILES string of the molecule is CCCCCCCCCCNC(C)C(=O)[O-].[Na+]. The van der Waals surface area contributed by atoms with E-state index in [-0.39, 0.29) is 29.6 Å². The minimum Gasteiger partial charge on any atom is -0.548 e. The van der Waals surface area contributed by atoms with Gasteiger partial charge >= 0.3 is 29.6 Å². The average Bonchev–Trinajstić information content (AvgIpc) is 2.26. The number of carbonyl (C=O) groups excluding carboxylic acids is 1. The van der Waals surface area contributed by atoms with Crippen molar-refractivity contribution in [1.82, 2.24) is 5.32 Å². The van der Waals surface area contributed by atoms with Gasteiger partial charge in [-0.05, 0) is 19.9 Å². The van der Waals surface area contributed by atoms with Crippen molar-refractivity contribution in [2.45, 2.75) is 71.3 Å². The Kier molecular flexibility index (Phi) is 16.8. The molecule has 1 atom stereocenters. The van der Waals surface area contributed by atoms with E-state index in [1.165, 1.54) is 44.9 Å². The van der Waals surface area contributed by atoms with Gasteiger partial charge in [0.2, 0.25) is 0 Å². The third-order valence-electron chi connectivity index (χ3n) is 2.83. The maximum absolute atomic E-state index is 10.4. The van der Waals surface area contributed by atoms with Gasteiger partial charge in [-0.3, -0.25) is 0 Å². The zero-order chi connectivity index (χ0) is 12.2. The number of carbonyl (C=O) groups is 1. The molecule has 96 valence electrons. The van der Waals surface area contributed by atoms with E-state index in [0.29, 0.717) is 0 Å². The number of unbranched alkanes of at least 4 members (excludes halogenated alkanes) is 7. The first-order valence-electron chi connectivity index (χ1n) is 6.62. The van der Waals surface area contributed by atoms with Crippen LogP contribution in [0.1, 0.15) is 65.2 Å². The van der Waals surface area contributed by atoms with Gasteiger partial charge < -0.3 is 15.2 Å². The van der Waals surface area contributed by atoms with Crippen LogP contribution in [0.5, 0.6) is 0 Å². The van der Waals surface area contributed by atoms with Crippen LogP contribution in [0.4, 0.5) is 0 Å². The van der Waals surface area contributed by atoms with Crippen molar-refractivity contribution in [3.05, 3.63) is 0 Å².